The second-order valence-corrected chi connectivity index (χ2v) is 13.6. The maximum Gasteiger partial charge on any atom is 0.264 e. The van der Waals surface area contributed by atoms with Gasteiger partial charge in [0.2, 0.25) is 12.4 Å². The van der Waals surface area contributed by atoms with E-state index in [1.165, 1.54) is 38.9 Å². The fraction of sp³-hybridized carbons (Fsp3) is 0.200. The summed E-state index contributed by atoms with van der Waals surface area (Å²) in [5.74, 6) is 0. The summed E-state index contributed by atoms with van der Waals surface area (Å²) in [6, 6.07) is 59.8. The molecule has 8 heteroatoms. The van der Waals surface area contributed by atoms with E-state index in [9.17, 15) is 10.0 Å². The minimum absolute atomic E-state index is 0.159. The van der Waals surface area contributed by atoms with Crippen LogP contribution in [0.15, 0.2) is 188 Å². The van der Waals surface area contributed by atoms with Gasteiger partial charge in [0.15, 0.2) is 13.2 Å². The normalized spacial score (nSPS) is 10.7. The molecule has 0 saturated carbocycles. The second-order valence-electron chi connectivity index (χ2n) is 13.6. The Morgan fingerprint density at radius 3 is 1.21 bits per heavy atom. The van der Waals surface area contributed by atoms with Crippen molar-refractivity contribution in [1.82, 2.24) is 0 Å². The van der Waals surface area contributed by atoms with Gasteiger partial charge in [0, 0.05) is 45.7 Å². The summed E-state index contributed by atoms with van der Waals surface area (Å²) in [6.45, 7) is 9.67. The van der Waals surface area contributed by atoms with E-state index in [2.05, 4.69) is 86.6 Å². The van der Waals surface area contributed by atoms with Crippen molar-refractivity contribution in [3.63, 3.8) is 0 Å². The molecule has 296 valence electrons. The summed E-state index contributed by atoms with van der Waals surface area (Å²) in [4.78, 5) is 11.1. The third-order valence-corrected chi connectivity index (χ3v) is 9.78. The molecule has 0 saturated heterocycles. The molecule has 7 rings (SSSR count). The molecule has 0 aliphatic heterocycles. The van der Waals surface area contributed by atoms with E-state index >= 15 is 0 Å². The van der Waals surface area contributed by atoms with Crippen LogP contribution < -0.4 is 29.2 Å². The molecule has 58 heavy (non-hydrogen) atoms. The predicted molar refractivity (Wildman–Crippen MR) is 228 cm³/mol. The van der Waals surface area contributed by atoms with Crippen molar-refractivity contribution in [1.29, 1.82) is 0 Å². The van der Waals surface area contributed by atoms with Crippen LogP contribution in [0.5, 0.6) is 0 Å². The molecule has 0 unspecified atom stereocenters. The molecular weight excluding hydrogens is 719 g/mol. The standard InChI is InChI=1S/C22H21BO3.2C14H16NO/c24-23(25)26-18-10-17-22(19-11-4-1-5-12-19,20-13-6-2-7-14-20)21-15-8-3-9-16-21;2*1-3-16-15-11-7-6-10-14(15)13-9-5-4-8-12(13)2/h1-9,11-16H,10,17-18H2;2*4-11H,3H2,1-2H3/q-2;2*+1. The van der Waals surface area contributed by atoms with Crippen molar-refractivity contribution in [2.75, 3.05) is 19.8 Å². The molecule has 0 atom stereocenters. The number of benzene rings is 5. The highest BCUT2D eigenvalue weighted by molar-refractivity contribution is 6.28. The summed E-state index contributed by atoms with van der Waals surface area (Å²) in [5, 5.41) is 21.4. The van der Waals surface area contributed by atoms with Crippen molar-refractivity contribution in [2.24, 2.45) is 0 Å². The summed E-state index contributed by atoms with van der Waals surface area (Å²) in [5.41, 5.74) is 10.3. The zero-order valence-electron chi connectivity index (χ0n) is 33.9. The van der Waals surface area contributed by atoms with Crippen molar-refractivity contribution >= 4 is 7.32 Å². The van der Waals surface area contributed by atoms with E-state index in [-0.39, 0.29) is 12.0 Å². The van der Waals surface area contributed by atoms with E-state index in [0.717, 1.165) is 17.8 Å². The fourth-order valence-corrected chi connectivity index (χ4v) is 7.12. The van der Waals surface area contributed by atoms with Gasteiger partial charge in [-0.2, -0.15) is 0 Å². The lowest BCUT2D eigenvalue weighted by atomic mass is 9.67. The zero-order valence-corrected chi connectivity index (χ0v) is 33.9. The highest BCUT2D eigenvalue weighted by Gasteiger charge is 2.35. The molecule has 2 heterocycles. The second kappa shape index (κ2) is 22.6. The number of nitrogens with zero attached hydrogens (tertiary/aromatic N) is 2. The highest BCUT2D eigenvalue weighted by Crippen LogP contribution is 2.43. The van der Waals surface area contributed by atoms with Crippen LogP contribution in [0.2, 0.25) is 0 Å². The molecule has 0 aliphatic rings. The molecule has 0 fully saturated rings. The van der Waals surface area contributed by atoms with E-state index in [1.54, 1.807) is 0 Å². The number of hydrogen-bond donors (Lipinski definition) is 0. The van der Waals surface area contributed by atoms with Crippen LogP contribution in [0.1, 0.15) is 54.5 Å². The van der Waals surface area contributed by atoms with Crippen molar-refractivity contribution < 1.29 is 33.8 Å². The minimum Gasteiger partial charge on any atom is -0.871 e. The quantitative estimate of drug-likeness (QED) is 0.0501. The summed E-state index contributed by atoms with van der Waals surface area (Å²) >= 11 is 0. The number of aromatic nitrogens is 2. The van der Waals surface area contributed by atoms with Crippen LogP contribution in [-0.2, 0) is 10.1 Å². The lowest BCUT2D eigenvalue weighted by Gasteiger charge is -2.37. The molecule has 0 spiro atoms. The van der Waals surface area contributed by atoms with Crippen LogP contribution in [0.25, 0.3) is 22.5 Å². The number of hydrogen-bond acceptors (Lipinski definition) is 5. The fourth-order valence-electron chi connectivity index (χ4n) is 7.12. The van der Waals surface area contributed by atoms with E-state index in [1.807, 2.05) is 139 Å². The first-order valence-electron chi connectivity index (χ1n) is 19.9. The molecular formula is C50H53BN2O5. The first-order valence-corrected chi connectivity index (χ1v) is 19.9. The van der Waals surface area contributed by atoms with E-state index < -0.39 is 7.32 Å². The lowest BCUT2D eigenvalue weighted by Crippen LogP contribution is -2.48. The molecule has 0 amide bonds. The first kappa shape index (κ1) is 43.1. The van der Waals surface area contributed by atoms with Gasteiger partial charge < -0.3 is 14.7 Å². The molecule has 0 bridgehead atoms. The van der Waals surface area contributed by atoms with Crippen molar-refractivity contribution in [3.8, 4) is 22.5 Å². The SMILES string of the molecule is CCO[n+]1ccccc1-c1ccccc1C.CCO[n+]1ccccc1-c1ccccc1C.[O-]B([O-])OCCCC(c1ccccc1)(c1ccccc1)c1ccccc1. The van der Waals surface area contributed by atoms with Crippen LogP contribution in [0, 0.1) is 13.8 Å². The Hall–Kier alpha value is -6.06. The first-order chi connectivity index (χ1) is 28.4. The van der Waals surface area contributed by atoms with Gasteiger partial charge in [-0.15, -0.1) is 0 Å². The van der Waals surface area contributed by atoms with Gasteiger partial charge in [-0.05, 0) is 92.6 Å². The predicted octanol–water partition coefficient (Wildman–Crippen LogP) is 7.32. The Morgan fingerprint density at radius 1 is 0.483 bits per heavy atom. The van der Waals surface area contributed by atoms with E-state index in [0.29, 0.717) is 19.6 Å². The molecule has 7 nitrogen and oxygen atoms in total. The maximum atomic E-state index is 10.7. The summed E-state index contributed by atoms with van der Waals surface area (Å²) in [6.07, 6.45) is 5.22. The Balaban J connectivity index is 0.000000174. The average Bonchev–Trinajstić information content (AvgIpc) is 3.26. The minimum atomic E-state index is -2.23. The van der Waals surface area contributed by atoms with Gasteiger partial charge in [-0.3, -0.25) is 9.68 Å². The van der Waals surface area contributed by atoms with Gasteiger partial charge in [0.25, 0.3) is 11.4 Å². The maximum absolute atomic E-state index is 10.7. The van der Waals surface area contributed by atoms with Crippen LogP contribution in [0.4, 0.5) is 0 Å². The number of rotatable bonds is 14. The molecule has 0 radical (unpaired) electrons. The molecule has 0 N–H and O–H groups in total. The van der Waals surface area contributed by atoms with Crippen LogP contribution >= 0.6 is 0 Å². The smallest absolute Gasteiger partial charge is 0.264 e. The van der Waals surface area contributed by atoms with Gasteiger partial charge in [-0.1, -0.05) is 127 Å². The summed E-state index contributed by atoms with van der Waals surface area (Å²) < 4.78 is 8.38. The summed E-state index contributed by atoms with van der Waals surface area (Å²) in [7, 11) is -2.23. The van der Waals surface area contributed by atoms with Gasteiger partial charge >= 0.3 is 0 Å². The topological polar surface area (TPSA) is 81.6 Å². The number of pyridine rings is 2. The van der Waals surface area contributed by atoms with E-state index in [4.69, 9.17) is 14.3 Å². The zero-order chi connectivity index (χ0) is 41.0. The molecule has 7 aromatic rings. The molecule has 2 aromatic heterocycles. The van der Waals surface area contributed by atoms with Crippen LogP contribution in [-0.4, -0.2) is 27.1 Å². The Kier molecular flexibility index (Phi) is 16.8. The third-order valence-electron chi connectivity index (χ3n) is 9.78. The van der Waals surface area contributed by atoms with Crippen LogP contribution in [0.3, 0.4) is 0 Å². The van der Waals surface area contributed by atoms with Gasteiger partial charge in [0.05, 0.1) is 18.4 Å². The Morgan fingerprint density at radius 2 is 0.845 bits per heavy atom. The Bertz CT molecular complexity index is 2050. The molecule has 0 aliphatic carbocycles. The average molecular weight is 773 g/mol. The Labute approximate surface area is 344 Å². The monoisotopic (exact) mass is 772 g/mol. The largest absolute Gasteiger partial charge is 0.871 e. The van der Waals surface area contributed by atoms with Crippen molar-refractivity contribution in [3.05, 3.63) is 216 Å². The van der Waals surface area contributed by atoms with Gasteiger partial charge in [0.1, 0.15) is 0 Å². The third kappa shape index (κ3) is 11.5. The van der Waals surface area contributed by atoms with Crippen molar-refractivity contribution in [2.45, 2.75) is 46.0 Å². The lowest BCUT2D eigenvalue weighted by molar-refractivity contribution is -0.882. The molecule has 5 aromatic carbocycles. The number of aryl methyl sites for hydroxylation is 2. The van der Waals surface area contributed by atoms with Gasteiger partial charge in [-0.25, -0.2) is 0 Å². The highest BCUT2D eigenvalue weighted by atomic mass is 16.7.